The molecule has 0 aliphatic carbocycles. The summed E-state index contributed by atoms with van der Waals surface area (Å²) in [6.07, 6.45) is -1.95. The van der Waals surface area contributed by atoms with Gasteiger partial charge in [-0.2, -0.15) is 13.2 Å². The fourth-order valence-electron chi connectivity index (χ4n) is 2.13. The number of aliphatic hydroxyl groups is 1. The number of aliphatic hydroxyl groups excluding tert-OH is 1. The largest absolute Gasteiger partial charge is 0.496 e. The molecule has 0 saturated carbocycles. The Bertz CT molecular complexity index is 764. The van der Waals surface area contributed by atoms with Gasteiger partial charge in [-0.15, -0.1) is 0 Å². The lowest BCUT2D eigenvalue weighted by Gasteiger charge is -2.08. The molecule has 0 unspecified atom stereocenters. The van der Waals surface area contributed by atoms with E-state index in [-0.39, 0.29) is 17.7 Å². The monoisotopic (exact) mass is 336 g/mol. The number of rotatable bonds is 5. The van der Waals surface area contributed by atoms with Gasteiger partial charge in [0, 0.05) is 0 Å². The van der Waals surface area contributed by atoms with E-state index in [9.17, 15) is 18.0 Å². The summed E-state index contributed by atoms with van der Waals surface area (Å²) in [7, 11) is 1.40. The van der Waals surface area contributed by atoms with E-state index in [1.165, 1.54) is 37.5 Å². The predicted octanol–water partition coefficient (Wildman–Crippen LogP) is 4.10. The van der Waals surface area contributed by atoms with Crippen LogP contribution in [0, 0.1) is 0 Å². The molecule has 24 heavy (non-hydrogen) atoms. The maximum atomic E-state index is 12.7. The van der Waals surface area contributed by atoms with Gasteiger partial charge >= 0.3 is 6.18 Å². The number of hydrogen-bond acceptors (Lipinski definition) is 3. The zero-order valence-corrected chi connectivity index (χ0v) is 12.8. The molecular formula is C18H15F3O3. The second-order valence-electron chi connectivity index (χ2n) is 5.01. The summed E-state index contributed by atoms with van der Waals surface area (Å²) in [5.74, 6) is -0.106. The van der Waals surface area contributed by atoms with E-state index < -0.39 is 17.5 Å². The molecule has 0 aliphatic heterocycles. The van der Waals surface area contributed by atoms with Crippen LogP contribution in [0.3, 0.4) is 0 Å². The highest BCUT2D eigenvalue weighted by Crippen LogP contribution is 2.30. The minimum Gasteiger partial charge on any atom is -0.496 e. The van der Waals surface area contributed by atoms with Crippen LogP contribution in [0.25, 0.3) is 6.08 Å². The van der Waals surface area contributed by atoms with Crippen molar-refractivity contribution in [2.45, 2.75) is 12.8 Å². The third-order valence-electron chi connectivity index (χ3n) is 3.35. The van der Waals surface area contributed by atoms with Crippen LogP contribution in [-0.2, 0) is 12.8 Å². The summed E-state index contributed by atoms with van der Waals surface area (Å²) in [6.45, 7) is -0.235. The molecule has 0 aromatic heterocycles. The van der Waals surface area contributed by atoms with Crippen molar-refractivity contribution in [2.75, 3.05) is 7.11 Å². The van der Waals surface area contributed by atoms with E-state index in [1.54, 1.807) is 12.1 Å². The highest BCUT2D eigenvalue weighted by atomic mass is 19.4. The minimum atomic E-state index is -4.44. The lowest BCUT2D eigenvalue weighted by atomic mass is 10.0. The molecule has 0 saturated heterocycles. The third-order valence-corrected chi connectivity index (χ3v) is 3.35. The first-order valence-corrected chi connectivity index (χ1v) is 7.02. The van der Waals surface area contributed by atoms with Gasteiger partial charge in [0.1, 0.15) is 5.75 Å². The van der Waals surface area contributed by atoms with Crippen LogP contribution >= 0.6 is 0 Å². The quantitative estimate of drug-likeness (QED) is 0.660. The topological polar surface area (TPSA) is 46.5 Å². The molecule has 3 nitrogen and oxygen atoms in total. The van der Waals surface area contributed by atoms with Crippen LogP contribution in [0.4, 0.5) is 13.2 Å². The molecule has 0 atom stereocenters. The van der Waals surface area contributed by atoms with E-state index in [2.05, 4.69) is 0 Å². The van der Waals surface area contributed by atoms with Gasteiger partial charge in [0.15, 0.2) is 5.78 Å². The summed E-state index contributed by atoms with van der Waals surface area (Å²) in [5.41, 5.74) is 0.242. The number of halogens is 3. The number of benzene rings is 2. The zero-order valence-electron chi connectivity index (χ0n) is 12.8. The van der Waals surface area contributed by atoms with Crippen LogP contribution in [0.5, 0.6) is 5.75 Å². The summed E-state index contributed by atoms with van der Waals surface area (Å²) in [5, 5.41) is 9.15. The Kier molecular flexibility index (Phi) is 5.41. The number of carbonyl (C=O) groups excluding carboxylic acids is 1. The van der Waals surface area contributed by atoms with E-state index >= 15 is 0 Å². The van der Waals surface area contributed by atoms with Gasteiger partial charge in [-0.3, -0.25) is 4.79 Å². The summed E-state index contributed by atoms with van der Waals surface area (Å²) in [6, 6.07) is 9.33. The Labute approximate surface area is 137 Å². The molecule has 0 heterocycles. The van der Waals surface area contributed by atoms with Crippen LogP contribution in [0.2, 0.25) is 0 Å². The van der Waals surface area contributed by atoms with Crippen LogP contribution in [0.15, 0.2) is 48.5 Å². The van der Waals surface area contributed by atoms with Gasteiger partial charge in [-0.05, 0) is 41.5 Å². The van der Waals surface area contributed by atoms with Crippen molar-refractivity contribution in [3.8, 4) is 5.75 Å². The van der Waals surface area contributed by atoms with Gasteiger partial charge in [0.05, 0.1) is 24.8 Å². The highest BCUT2D eigenvalue weighted by Gasteiger charge is 2.30. The number of alkyl halides is 3. The molecule has 2 rings (SSSR count). The average molecular weight is 336 g/mol. The molecule has 0 amide bonds. The summed E-state index contributed by atoms with van der Waals surface area (Å²) < 4.78 is 43.1. The van der Waals surface area contributed by atoms with Crippen molar-refractivity contribution in [1.29, 1.82) is 0 Å². The molecule has 0 spiro atoms. The highest BCUT2D eigenvalue weighted by molar-refractivity contribution is 6.08. The number of ketones is 1. The molecule has 0 aliphatic rings. The van der Waals surface area contributed by atoms with E-state index in [1.807, 2.05) is 0 Å². The first-order chi connectivity index (χ1) is 11.3. The molecule has 6 heteroatoms. The van der Waals surface area contributed by atoms with E-state index in [4.69, 9.17) is 9.84 Å². The first-order valence-electron chi connectivity index (χ1n) is 7.02. The Balaban J connectivity index is 2.28. The summed E-state index contributed by atoms with van der Waals surface area (Å²) in [4.78, 5) is 12.3. The Hall–Kier alpha value is -2.60. The van der Waals surface area contributed by atoms with Gasteiger partial charge in [-0.25, -0.2) is 0 Å². The maximum absolute atomic E-state index is 12.7. The lowest BCUT2D eigenvalue weighted by molar-refractivity contribution is -0.137. The van der Waals surface area contributed by atoms with Crippen molar-refractivity contribution in [3.63, 3.8) is 0 Å². The number of ether oxygens (including phenoxy) is 1. The summed E-state index contributed by atoms with van der Waals surface area (Å²) >= 11 is 0. The molecule has 0 radical (unpaired) electrons. The van der Waals surface area contributed by atoms with E-state index in [0.29, 0.717) is 11.3 Å². The Morgan fingerprint density at radius 3 is 2.58 bits per heavy atom. The van der Waals surface area contributed by atoms with Crippen molar-refractivity contribution in [2.24, 2.45) is 0 Å². The fraction of sp³-hybridized carbons (Fsp3) is 0.167. The Morgan fingerprint density at radius 2 is 1.96 bits per heavy atom. The van der Waals surface area contributed by atoms with E-state index in [0.717, 1.165) is 12.1 Å². The molecule has 2 aromatic rings. The van der Waals surface area contributed by atoms with Crippen LogP contribution in [-0.4, -0.2) is 18.0 Å². The molecule has 1 N–H and O–H groups in total. The SMILES string of the molecule is COc1ccc(CO)cc1C(=O)C=Cc1cccc(C(F)(F)F)c1. The second kappa shape index (κ2) is 7.31. The van der Waals surface area contributed by atoms with Crippen molar-refractivity contribution in [3.05, 3.63) is 70.8 Å². The van der Waals surface area contributed by atoms with Crippen molar-refractivity contribution >= 4 is 11.9 Å². The zero-order chi connectivity index (χ0) is 17.7. The van der Waals surface area contributed by atoms with Crippen molar-refractivity contribution in [1.82, 2.24) is 0 Å². The number of allylic oxidation sites excluding steroid dienone is 1. The smallest absolute Gasteiger partial charge is 0.416 e. The molecule has 0 bridgehead atoms. The lowest BCUT2D eigenvalue weighted by Crippen LogP contribution is -2.04. The van der Waals surface area contributed by atoms with Gasteiger partial charge < -0.3 is 9.84 Å². The molecule has 126 valence electrons. The van der Waals surface area contributed by atoms with Gasteiger partial charge in [-0.1, -0.05) is 24.3 Å². The standard InChI is InChI=1S/C18H15F3O3/c1-24-17-8-6-13(11-22)10-15(17)16(23)7-5-12-3-2-4-14(9-12)18(19,20)21/h2-10,22H,11H2,1H3. The van der Waals surface area contributed by atoms with Crippen LogP contribution < -0.4 is 4.74 Å². The van der Waals surface area contributed by atoms with Crippen molar-refractivity contribution < 1.29 is 27.8 Å². The molecular weight excluding hydrogens is 321 g/mol. The van der Waals surface area contributed by atoms with Crippen LogP contribution in [0.1, 0.15) is 27.0 Å². The Morgan fingerprint density at radius 1 is 1.21 bits per heavy atom. The predicted molar refractivity (Wildman–Crippen MR) is 83.7 cm³/mol. The van der Waals surface area contributed by atoms with Gasteiger partial charge in [0.2, 0.25) is 0 Å². The maximum Gasteiger partial charge on any atom is 0.416 e. The number of carbonyl (C=O) groups is 1. The fourth-order valence-corrected chi connectivity index (χ4v) is 2.13. The third kappa shape index (κ3) is 4.23. The molecule has 0 fully saturated rings. The average Bonchev–Trinajstić information content (AvgIpc) is 2.58. The first kappa shape index (κ1) is 17.7. The second-order valence-corrected chi connectivity index (χ2v) is 5.01. The normalized spacial score (nSPS) is 11.7. The molecule has 2 aromatic carbocycles. The number of hydrogen-bond donors (Lipinski definition) is 1. The number of methoxy groups -OCH3 is 1. The van der Waals surface area contributed by atoms with Gasteiger partial charge in [0.25, 0.3) is 0 Å². The minimum absolute atomic E-state index is 0.229.